The molecule has 0 unspecified atom stereocenters. The van der Waals surface area contributed by atoms with Gasteiger partial charge in [0.15, 0.2) is 15.0 Å². The Morgan fingerprint density at radius 1 is 0.969 bits per heavy atom. The van der Waals surface area contributed by atoms with Crippen molar-refractivity contribution in [2.24, 2.45) is 0 Å². The Kier molecular flexibility index (Phi) is 6.16. The van der Waals surface area contributed by atoms with Gasteiger partial charge in [-0.3, -0.25) is 9.69 Å². The first kappa shape index (κ1) is 21.9. The van der Waals surface area contributed by atoms with E-state index in [0.29, 0.717) is 22.9 Å². The van der Waals surface area contributed by atoms with Gasteiger partial charge in [0.2, 0.25) is 0 Å². The van der Waals surface area contributed by atoms with Crippen molar-refractivity contribution < 1.29 is 17.6 Å². The van der Waals surface area contributed by atoms with Crippen molar-refractivity contribution in [2.45, 2.75) is 11.4 Å². The summed E-state index contributed by atoms with van der Waals surface area (Å²) in [5.41, 5.74) is 2.67. The van der Waals surface area contributed by atoms with Crippen LogP contribution in [-0.2, 0) is 16.4 Å². The Morgan fingerprint density at radius 2 is 1.62 bits per heavy atom. The molecule has 1 heterocycles. The summed E-state index contributed by atoms with van der Waals surface area (Å²) >= 11 is 1.31. The molecule has 5 nitrogen and oxygen atoms in total. The minimum absolute atomic E-state index is 0.150. The van der Waals surface area contributed by atoms with Crippen LogP contribution in [0.3, 0.4) is 0 Å². The number of benzene rings is 3. The van der Waals surface area contributed by atoms with Gasteiger partial charge in [-0.1, -0.05) is 30.3 Å². The number of anilines is 1. The Labute approximate surface area is 189 Å². The third-order valence-corrected chi connectivity index (χ3v) is 6.81. The number of carbonyl (C=O) groups is 1. The van der Waals surface area contributed by atoms with Gasteiger partial charge in [0.1, 0.15) is 5.82 Å². The molecule has 0 bridgehead atoms. The summed E-state index contributed by atoms with van der Waals surface area (Å²) in [5, 5.41) is 2.31. The van der Waals surface area contributed by atoms with Crippen LogP contribution in [0.2, 0.25) is 0 Å². The SMILES string of the molecule is CS(=O)(=O)c1ccc(C(=O)N(Cc2ccccc2)c2nc(-c3ccc(F)cc3)cs2)cc1. The van der Waals surface area contributed by atoms with E-state index in [4.69, 9.17) is 0 Å². The lowest BCUT2D eigenvalue weighted by Crippen LogP contribution is -2.30. The number of amides is 1. The molecule has 1 aromatic heterocycles. The van der Waals surface area contributed by atoms with Crippen LogP contribution in [0.5, 0.6) is 0 Å². The van der Waals surface area contributed by atoms with E-state index in [-0.39, 0.29) is 16.6 Å². The molecule has 32 heavy (non-hydrogen) atoms. The molecule has 0 saturated heterocycles. The average molecular weight is 467 g/mol. The number of rotatable bonds is 6. The minimum Gasteiger partial charge on any atom is -0.279 e. The maximum atomic E-state index is 13.4. The van der Waals surface area contributed by atoms with Crippen LogP contribution in [0.4, 0.5) is 9.52 Å². The van der Waals surface area contributed by atoms with E-state index in [2.05, 4.69) is 4.98 Å². The molecule has 0 fully saturated rings. The van der Waals surface area contributed by atoms with E-state index in [1.165, 1.54) is 47.7 Å². The van der Waals surface area contributed by atoms with Gasteiger partial charge in [-0.05, 0) is 54.1 Å². The molecule has 8 heteroatoms. The molecule has 0 N–H and O–H groups in total. The number of aromatic nitrogens is 1. The van der Waals surface area contributed by atoms with E-state index in [0.717, 1.165) is 17.4 Å². The summed E-state index contributed by atoms with van der Waals surface area (Å²) in [4.78, 5) is 19.7. The number of carbonyl (C=O) groups excluding carboxylic acids is 1. The van der Waals surface area contributed by atoms with Crippen molar-refractivity contribution >= 4 is 32.2 Å². The highest BCUT2D eigenvalue weighted by Crippen LogP contribution is 2.30. The smallest absolute Gasteiger partial charge is 0.260 e. The predicted molar refractivity (Wildman–Crippen MR) is 124 cm³/mol. The molecule has 0 aliphatic rings. The number of thiazole rings is 1. The number of halogens is 1. The van der Waals surface area contributed by atoms with Gasteiger partial charge < -0.3 is 0 Å². The summed E-state index contributed by atoms with van der Waals surface area (Å²) in [6.45, 7) is 0.296. The molecular formula is C24H19FN2O3S2. The van der Waals surface area contributed by atoms with Crippen LogP contribution in [0, 0.1) is 5.82 Å². The summed E-state index contributed by atoms with van der Waals surface area (Å²) < 4.78 is 36.7. The van der Waals surface area contributed by atoms with Gasteiger partial charge in [-0.2, -0.15) is 0 Å². The summed E-state index contributed by atoms with van der Waals surface area (Å²) in [7, 11) is -3.36. The molecular weight excluding hydrogens is 447 g/mol. The van der Waals surface area contributed by atoms with Gasteiger partial charge in [0, 0.05) is 22.8 Å². The van der Waals surface area contributed by atoms with Gasteiger partial charge in [0.05, 0.1) is 17.1 Å². The standard InChI is InChI=1S/C24H19FN2O3S2/c1-32(29,30)21-13-9-19(10-14-21)23(28)27(15-17-5-3-2-4-6-17)24-26-22(16-31-24)18-7-11-20(25)12-8-18/h2-14,16H,15H2,1H3. The molecule has 0 aliphatic heterocycles. The highest BCUT2D eigenvalue weighted by Gasteiger charge is 2.22. The Hall–Kier alpha value is -3.36. The largest absolute Gasteiger partial charge is 0.279 e. The van der Waals surface area contributed by atoms with Crippen LogP contribution < -0.4 is 4.90 Å². The molecule has 4 aromatic rings. The molecule has 0 spiro atoms. The van der Waals surface area contributed by atoms with Gasteiger partial charge in [-0.15, -0.1) is 11.3 Å². The maximum absolute atomic E-state index is 13.4. The van der Waals surface area contributed by atoms with Crippen molar-refractivity contribution in [2.75, 3.05) is 11.2 Å². The fourth-order valence-corrected chi connectivity index (χ4v) is 4.60. The number of hydrogen-bond donors (Lipinski definition) is 0. The van der Waals surface area contributed by atoms with Crippen molar-refractivity contribution in [3.63, 3.8) is 0 Å². The van der Waals surface area contributed by atoms with Crippen molar-refractivity contribution in [1.29, 1.82) is 0 Å². The third kappa shape index (κ3) is 4.92. The van der Waals surface area contributed by atoms with Crippen LogP contribution in [0.15, 0.2) is 89.1 Å². The highest BCUT2D eigenvalue weighted by molar-refractivity contribution is 7.90. The first-order valence-electron chi connectivity index (χ1n) is 9.68. The Bertz CT molecular complexity index is 1330. The fraction of sp³-hybridized carbons (Fsp3) is 0.0833. The van der Waals surface area contributed by atoms with Gasteiger partial charge in [0.25, 0.3) is 5.91 Å². The summed E-state index contributed by atoms with van der Waals surface area (Å²) in [6.07, 6.45) is 1.12. The Balaban J connectivity index is 1.69. The molecule has 0 atom stereocenters. The number of nitrogens with zero attached hydrogens (tertiary/aromatic N) is 2. The van der Waals surface area contributed by atoms with E-state index in [9.17, 15) is 17.6 Å². The molecule has 1 amide bonds. The summed E-state index contributed by atoms with van der Waals surface area (Å²) in [5.74, 6) is -0.628. The van der Waals surface area contributed by atoms with Crippen molar-refractivity contribution in [3.05, 3.63) is 101 Å². The zero-order valence-corrected chi connectivity index (χ0v) is 18.7. The first-order chi connectivity index (χ1) is 15.3. The van der Waals surface area contributed by atoms with E-state index in [1.807, 2.05) is 35.7 Å². The zero-order valence-electron chi connectivity index (χ0n) is 17.1. The topological polar surface area (TPSA) is 67.3 Å². The van der Waals surface area contributed by atoms with Crippen molar-refractivity contribution in [3.8, 4) is 11.3 Å². The molecule has 0 aliphatic carbocycles. The van der Waals surface area contributed by atoms with E-state index < -0.39 is 9.84 Å². The quantitative estimate of drug-likeness (QED) is 0.392. The predicted octanol–water partition coefficient (Wildman–Crippen LogP) is 5.20. The van der Waals surface area contributed by atoms with Crippen LogP contribution in [-0.4, -0.2) is 25.6 Å². The van der Waals surface area contributed by atoms with Crippen LogP contribution in [0.25, 0.3) is 11.3 Å². The number of sulfone groups is 1. The lowest BCUT2D eigenvalue weighted by molar-refractivity contribution is 0.0985. The first-order valence-corrected chi connectivity index (χ1v) is 12.5. The molecule has 0 saturated carbocycles. The molecule has 162 valence electrons. The van der Waals surface area contributed by atoms with Crippen LogP contribution >= 0.6 is 11.3 Å². The molecule has 0 radical (unpaired) electrons. The van der Waals surface area contributed by atoms with Crippen molar-refractivity contribution in [1.82, 2.24) is 4.98 Å². The summed E-state index contributed by atoms with van der Waals surface area (Å²) in [6, 6.07) is 21.4. The fourth-order valence-electron chi connectivity index (χ4n) is 3.13. The normalized spacial score (nSPS) is 11.3. The number of hydrogen-bond acceptors (Lipinski definition) is 5. The molecule has 4 rings (SSSR count). The second kappa shape index (κ2) is 9.02. The van der Waals surface area contributed by atoms with E-state index >= 15 is 0 Å². The zero-order chi connectivity index (χ0) is 22.7. The van der Waals surface area contributed by atoms with E-state index in [1.54, 1.807) is 17.0 Å². The highest BCUT2D eigenvalue weighted by atomic mass is 32.2. The minimum atomic E-state index is -3.36. The van der Waals surface area contributed by atoms with Crippen LogP contribution in [0.1, 0.15) is 15.9 Å². The lowest BCUT2D eigenvalue weighted by atomic mass is 10.1. The van der Waals surface area contributed by atoms with Gasteiger partial charge >= 0.3 is 0 Å². The monoisotopic (exact) mass is 466 g/mol. The van der Waals surface area contributed by atoms with Gasteiger partial charge in [-0.25, -0.2) is 17.8 Å². The lowest BCUT2D eigenvalue weighted by Gasteiger charge is -2.20. The maximum Gasteiger partial charge on any atom is 0.260 e. The third-order valence-electron chi connectivity index (χ3n) is 4.82. The average Bonchev–Trinajstić information content (AvgIpc) is 3.28. The Morgan fingerprint density at radius 3 is 2.25 bits per heavy atom. The second-order valence-electron chi connectivity index (χ2n) is 7.20. The second-order valence-corrected chi connectivity index (χ2v) is 10.0. The molecule has 3 aromatic carbocycles.